The normalized spacial score (nSPS) is 11.0. The lowest BCUT2D eigenvalue weighted by atomic mass is 10.1. The fourth-order valence-corrected chi connectivity index (χ4v) is 1.82. The number of ether oxygens (including phenoxy) is 2. The van der Waals surface area contributed by atoms with Crippen LogP contribution in [-0.2, 0) is 4.74 Å². The molecule has 0 atom stereocenters. The van der Waals surface area contributed by atoms with Gasteiger partial charge in [0.25, 0.3) is 0 Å². The summed E-state index contributed by atoms with van der Waals surface area (Å²) in [5, 5.41) is 0. The van der Waals surface area contributed by atoms with E-state index in [9.17, 15) is 4.79 Å². The van der Waals surface area contributed by atoms with Gasteiger partial charge in [-0.25, -0.2) is 0 Å². The Labute approximate surface area is 118 Å². The zero-order valence-corrected chi connectivity index (χ0v) is 11.5. The molecule has 102 valence electrons. The maximum Gasteiger partial charge on any atom is 0.189 e. The average Bonchev–Trinajstić information content (AvgIpc) is 2.53. The molecule has 2 aromatic carbocycles. The summed E-state index contributed by atoms with van der Waals surface area (Å²) in [5.41, 5.74) is 1.47. The van der Waals surface area contributed by atoms with Crippen molar-refractivity contribution < 1.29 is 14.3 Å². The predicted octanol–water partition coefficient (Wildman–Crippen LogP) is 3.57. The lowest BCUT2D eigenvalue weighted by Gasteiger charge is -2.06. The first-order valence-electron chi connectivity index (χ1n) is 6.24. The van der Waals surface area contributed by atoms with Crippen LogP contribution in [0.25, 0.3) is 5.76 Å². The van der Waals surface area contributed by atoms with Gasteiger partial charge in [-0.2, -0.15) is 0 Å². The number of hydrogen-bond donors (Lipinski definition) is 0. The molecule has 0 amide bonds. The van der Waals surface area contributed by atoms with E-state index in [1.165, 1.54) is 6.08 Å². The summed E-state index contributed by atoms with van der Waals surface area (Å²) in [6, 6.07) is 16.5. The highest BCUT2D eigenvalue weighted by Gasteiger charge is 2.07. The van der Waals surface area contributed by atoms with Crippen LogP contribution in [0.2, 0.25) is 0 Å². The first-order valence-corrected chi connectivity index (χ1v) is 6.24. The summed E-state index contributed by atoms with van der Waals surface area (Å²) in [6.07, 6.45) is 1.50. The van der Waals surface area contributed by atoms with Crippen LogP contribution in [0.1, 0.15) is 15.9 Å². The molecule has 0 aliphatic heterocycles. The molecule has 2 aromatic rings. The van der Waals surface area contributed by atoms with Gasteiger partial charge in [0.1, 0.15) is 11.5 Å². The third-order valence-electron chi connectivity index (χ3n) is 2.91. The summed E-state index contributed by atoms with van der Waals surface area (Å²) in [7, 11) is 3.15. The topological polar surface area (TPSA) is 35.5 Å². The van der Waals surface area contributed by atoms with Crippen molar-refractivity contribution >= 4 is 11.5 Å². The quantitative estimate of drug-likeness (QED) is 0.472. The Morgan fingerprint density at radius 2 is 1.55 bits per heavy atom. The molecule has 0 saturated carbocycles. The molecule has 2 rings (SSSR count). The number of methoxy groups -OCH3 is 2. The summed E-state index contributed by atoms with van der Waals surface area (Å²) >= 11 is 0. The van der Waals surface area contributed by atoms with Gasteiger partial charge in [0.15, 0.2) is 5.78 Å². The van der Waals surface area contributed by atoms with Crippen LogP contribution in [0.15, 0.2) is 60.7 Å². The highest BCUT2D eigenvalue weighted by Crippen LogP contribution is 2.17. The molecule has 0 heterocycles. The molecule has 3 nitrogen and oxygen atoms in total. The van der Waals surface area contributed by atoms with E-state index in [1.54, 1.807) is 38.5 Å². The Bertz CT molecular complexity index is 598. The largest absolute Gasteiger partial charge is 0.497 e. The van der Waals surface area contributed by atoms with Crippen molar-refractivity contribution in [3.05, 3.63) is 71.8 Å². The van der Waals surface area contributed by atoms with Gasteiger partial charge in [-0.3, -0.25) is 4.79 Å². The minimum absolute atomic E-state index is 0.103. The molecule has 20 heavy (non-hydrogen) atoms. The van der Waals surface area contributed by atoms with Gasteiger partial charge in [0, 0.05) is 17.2 Å². The molecule has 0 aliphatic carbocycles. The third-order valence-corrected chi connectivity index (χ3v) is 2.91. The minimum Gasteiger partial charge on any atom is -0.497 e. The van der Waals surface area contributed by atoms with Gasteiger partial charge < -0.3 is 9.47 Å². The fraction of sp³-hybridized carbons (Fsp3) is 0.118. The molecule has 0 bridgehead atoms. The minimum atomic E-state index is -0.103. The number of allylic oxidation sites excluding steroid dienone is 1. The van der Waals surface area contributed by atoms with Crippen LogP contribution in [0.3, 0.4) is 0 Å². The Morgan fingerprint density at radius 1 is 0.900 bits per heavy atom. The molecular formula is C17H16O3. The second-order valence-electron chi connectivity index (χ2n) is 4.17. The fourth-order valence-electron chi connectivity index (χ4n) is 1.82. The number of carbonyl (C=O) groups is 1. The molecule has 0 radical (unpaired) electrons. The number of rotatable bonds is 5. The van der Waals surface area contributed by atoms with E-state index in [-0.39, 0.29) is 5.78 Å². The molecule has 0 saturated heterocycles. The lowest BCUT2D eigenvalue weighted by molar-refractivity contribution is 0.104. The zero-order chi connectivity index (χ0) is 14.4. The highest BCUT2D eigenvalue weighted by atomic mass is 16.5. The van der Waals surface area contributed by atoms with E-state index in [2.05, 4.69) is 0 Å². The molecule has 3 heteroatoms. The lowest BCUT2D eigenvalue weighted by Crippen LogP contribution is -1.98. The number of carbonyl (C=O) groups excluding carboxylic acids is 1. The third kappa shape index (κ3) is 3.26. The summed E-state index contributed by atoms with van der Waals surface area (Å²) in [5.74, 6) is 1.17. The van der Waals surface area contributed by atoms with Gasteiger partial charge in [-0.15, -0.1) is 0 Å². The van der Waals surface area contributed by atoms with E-state index in [1.807, 2.05) is 30.3 Å². The monoisotopic (exact) mass is 268 g/mol. The maximum atomic E-state index is 12.2. The van der Waals surface area contributed by atoms with E-state index in [4.69, 9.17) is 9.47 Å². The average molecular weight is 268 g/mol. The standard InChI is InChI=1S/C17H16O3/c1-19-15-10-8-13(9-11-15)16(18)12-17(20-2)14-6-4-3-5-7-14/h3-12H,1-2H3/b17-12+. The molecule has 0 unspecified atom stereocenters. The van der Waals surface area contributed by atoms with Crippen LogP contribution in [0.5, 0.6) is 5.75 Å². The van der Waals surface area contributed by atoms with Crippen LogP contribution in [0, 0.1) is 0 Å². The molecular weight excluding hydrogens is 252 g/mol. The zero-order valence-electron chi connectivity index (χ0n) is 11.5. The van der Waals surface area contributed by atoms with Crippen molar-refractivity contribution in [1.82, 2.24) is 0 Å². The molecule has 0 spiro atoms. The van der Waals surface area contributed by atoms with E-state index < -0.39 is 0 Å². The van der Waals surface area contributed by atoms with Gasteiger partial charge in [-0.05, 0) is 24.3 Å². The van der Waals surface area contributed by atoms with E-state index in [0.717, 1.165) is 11.3 Å². The maximum absolute atomic E-state index is 12.2. The summed E-state index contributed by atoms with van der Waals surface area (Å²) in [6.45, 7) is 0. The van der Waals surface area contributed by atoms with E-state index in [0.29, 0.717) is 11.3 Å². The van der Waals surface area contributed by atoms with Crippen LogP contribution >= 0.6 is 0 Å². The molecule has 0 aromatic heterocycles. The predicted molar refractivity (Wildman–Crippen MR) is 78.8 cm³/mol. The highest BCUT2D eigenvalue weighted by molar-refractivity contribution is 6.07. The van der Waals surface area contributed by atoms with Gasteiger partial charge in [0.2, 0.25) is 0 Å². The first kappa shape index (κ1) is 13.9. The number of hydrogen-bond acceptors (Lipinski definition) is 3. The van der Waals surface area contributed by atoms with Crippen molar-refractivity contribution in [3.8, 4) is 5.75 Å². The van der Waals surface area contributed by atoms with Gasteiger partial charge in [0.05, 0.1) is 14.2 Å². The second kappa shape index (κ2) is 6.57. The second-order valence-corrected chi connectivity index (χ2v) is 4.17. The van der Waals surface area contributed by atoms with Crippen molar-refractivity contribution in [2.75, 3.05) is 14.2 Å². The van der Waals surface area contributed by atoms with Gasteiger partial charge >= 0.3 is 0 Å². The summed E-state index contributed by atoms with van der Waals surface area (Å²) in [4.78, 5) is 12.2. The van der Waals surface area contributed by atoms with Gasteiger partial charge in [-0.1, -0.05) is 30.3 Å². The SMILES string of the molecule is CO/C(=C/C(=O)c1ccc(OC)cc1)c1ccccc1. The Morgan fingerprint density at radius 3 is 2.10 bits per heavy atom. The Kier molecular flexibility index (Phi) is 4.56. The number of ketones is 1. The van der Waals surface area contributed by atoms with Crippen LogP contribution in [0.4, 0.5) is 0 Å². The van der Waals surface area contributed by atoms with Crippen LogP contribution < -0.4 is 4.74 Å². The summed E-state index contributed by atoms with van der Waals surface area (Å²) < 4.78 is 10.4. The number of benzene rings is 2. The Hall–Kier alpha value is -2.55. The molecule has 0 fully saturated rings. The molecule has 0 N–H and O–H groups in total. The Balaban J connectivity index is 2.25. The first-order chi connectivity index (χ1) is 9.74. The van der Waals surface area contributed by atoms with Crippen molar-refractivity contribution in [2.45, 2.75) is 0 Å². The smallest absolute Gasteiger partial charge is 0.189 e. The van der Waals surface area contributed by atoms with Crippen molar-refractivity contribution in [1.29, 1.82) is 0 Å². The van der Waals surface area contributed by atoms with Crippen molar-refractivity contribution in [2.24, 2.45) is 0 Å². The molecule has 0 aliphatic rings. The van der Waals surface area contributed by atoms with Crippen molar-refractivity contribution in [3.63, 3.8) is 0 Å². The van der Waals surface area contributed by atoms with Crippen LogP contribution in [-0.4, -0.2) is 20.0 Å². The van der Waals surface area contributed by atoms with E-state index >= 15 is 0 Å².